The van der Waals surface area contributed by atoms with Gasteiger partial charge in [-0.05, 0) is 36.1 Å². The average Bonchev–Trinajstić information content (AvgIpc) is 2.38. The minimum absolute atomic E-state index is 0.544. The Hall–Kier alpha value is -0.540. The summed E-state index contributed by atoms with van der Waals surface area (Å²) in [5, 5.41) is 0. The summed E-state index contributed by atoms with van der Waals surface area (Å²) in [4.78, 5) is 0. The molecule has 0 saturated carbocycles. The maximum Gasteiger partial charge on any atom is 0.120 e. The molecule has 1 aromatic rings. The molecule has 0 aromatic heterocycles. The fourth-order valence-corrected chi connectivity index (χ4v) is 2.45. The van der Waals surface area contributed by atoms with Crippen LogP contribution in [0.15, 0.2) is 22.7 Å². The highest BCUT2D eigenvalue weighted by Crippen LogP contribution is 2.23. The van der Waals surface area contributed by atoms with Gasteiger partial charge in [0.2, 0.25) is 0 Å². The van der Waals surface area contributed by atoms with Crippen molar-refractivity contribution in [1.82, 2.24) is 0 Å². The zero-order chi connectivity index (χ0) is 13.4. The highest BCUT2D eigenvalue weighted by atomic mass is 79.9. The first-order valence-electron chi connectivity index (χ1n) is 6.81. The fourth-order valence-electron chi connectivity index (χ4n) is 1.93. The van der Waals surface area contributed by atoms with E-state index in [9.17, 15) is 0 Å². The van der Waals surface area contributed by atoms with Gasteiger partial charge >= 0.3 is 0 Å². The Morgan fingerprint density at radius 1 is 1.28 bits per heavy atom. The summed E-state index contributed by atoms with van der Waals surface area (Å²) >= 11 is 3.48. The zero-order valence-corrected chi connectivity index (χ0v) is 13.0. The van der Waals surface area contributed by atoms with E-state index < -0.39 is 0 Å². The van der Waals surface area contributed by atoms with Gasteiger partial charge < -0.3 is 10.5 Å². The molecule has 0 aliphatic heterocycles. The van der Waals surface area contributed by atoms with Gasteiger partial charge in [-0.1, -0.05) is 49.0 Å². The first-order chi connectivity index (χ1) is 8.69. The van der Waals surface area contributed by atoms with E-state index in [1.54, 1.807) is 0 Å². The van der Waals surface area contributed by atoms with Gasteiger partial charge in [0, 0.05) is 11.0 Å². The van der Waals surface area contributed by atoms with E-state index in [1.807, 2.05) is 18.2 Å². The van der Waals surface area contributed by atoms with Crippen molar-refractivity contribution in [2.45, 2.75) is 46.1 Å². The van der Waals surface area contributed by atoms with Crippen molar-refractivity contribution >= 4 is 15.9 Å². The molecule has 0 fully saturated rings. The highest BCUT2D eigenvalue weighted by Gasteiger charge is 2.07. The van der Waals surface area contributed by atoms with Crippen LogP contribution in [0.2, 0.25) is 0 Å². The molecule has 1 atom stereocenters. The first-order valence-corrected chi connectivity index (χ1v) is 7.61. The molecular weight excluding hydrogens is 290 g/mol. The fraction of sp³-hybridized carbons (Fsp3) is 0.600. The average molecular weight is 314 g/mol. The lowest BCUT2D eigenvalue weighted by molar-refractivity contribution is 0.233. The van der Waals surface area contributed by atoms with E-state index in [1.165, 1.54) is 25.7 Å². The SMILES string of the molecule is CCCCC(CC)COc1cc(Br)cc(CN)c1. The molecule has 18 heavy (non-hydrogen) atoms. The van der Waals surface area contributed by atoms with Crippen LogP contribution in [-0.2, 0) is 6.54 Å². The highest BCUT2D eigenvalue weighted by molar-refractivity contribution is 9.10. The third-order valence-electron chi connectivity index (χ3n) is 3.20. The summed E-state index contributed by atoms with van der Waals surface area (Å²) in [6.07, 6.45) is 4.97. The monoisotopic (exact) mass is 313 g/mol. The molecule has 2 N–H and O–H groups in total. The Bertz CT molecular complexity index is 354. The van der Waals surface area contributed by atoms with Crippen LogP contribution < -0.4 is 10.5 Å². The van der Waals surface area contributed by atoms with Gasteiger partial charge in [0.15, 0.2) is 0 Å². The van der Waals surface area contributed by atoms with Crippen molar-refractivity contribution in [1.29, 1.82) is 0 Å². The van der Waals surface area contributed by atoms with E-state index in [0.29, 0.717) is 12.5 Å². The number of ether oxygens (including phenoxy) is 1. The molecule has 0 bridgehead atoms. The van der Waals surface area contributed by atoms with Gasteiger partial charge in [0.25, 0.3) is 0 Å². The third-order valence-corrected chi connectivity index (χ3v) is 3.65. The van der Waals surface area contributed by atoms with E-state index in [0.717, 1.165) is 22.4 Å². The van der Waals surface area contributed by atoms with Crippen molar-refractivity contribution in [2.75, 3.05) is 6.61 Å². The van der Waals surface area contributed by atoms with Crippen LogP contribution in [0.5, 0.6) is 5.75 Å². The van der Waals surface area contributed by atoms with E-state index in [4.69, 9.17) is 10.5 Å². The van der Waals surface area contributed by atoms with Crippen molar-refractivity contribution in [2.24, 2.45) is 11.7 Å². The normalized spacial score (nSPS) is 12.4. The molecule has 0 aliphatic rings. The summed E-state index contributed by atoms with van der Waals surface area (Å²) in [6.45, 7) is 5.81. The molecule has 0 radical (unpaired) electrons. The van der Waals surface area contributed by atoms with Crippen LogP contribution in [0.25, 0.3) is 0 Å². The van der Waals surface area contributed by atoms with Crippen LogP contribution >= 0.6 is 15.9 Å². The second-order valence-electron chi connectivity index (χ2n) is 4.73. The number of benzene rings is 1. The smallest absolute Gasteiger partial charge is 0.120 e. The molecule has 0 spiro atoms. The molecule has 1 aromatic carbocycles. The molecule has 102 valence electrons. The molecule has 0 heterocycles. The number of nitrogens with two attached hydrogens (primary N) is 1. The van der Waals surface area contributed by atoms with Crippen LogP contribution in [0.3, 0.4) is 0 Å². The first kappa shape index (κ1) is 15.5. The number of rotatable bonds is 8. The van der Waals surface area contributed by atoms with E-state index in [2.05, 4.69) is 29.8 Å². The number of hydrogen-bond donors (Lipinski definition) is 1. The summed E-state index contributed by atoms with van der Waals surface area (Å²) in [5.74, 6) is 1.57. The lowest BCUT2D eigenvalue weighted by Crippen LogP contribution is -2.11. The number of halogens is 1. The summed E-state index contributed by atoms with van der Waals surface area (Å²) in [5.41, 5.74) is 6.76. The van der Waals surface area contributed by atoms with Crippen molar-refractivity contribution < 1.29 is 4.74 Å². The minimum Gasteiger partial charge on any atom is -0.493 e. The maximum absolute atomic E-state index is 5.89. The Morgan fingerprint density at radius 3 is 2.67 bits per heavy atom. The quantitative estimate of drug-likeness (QED) is 0.766. The summed E-state index contributed by atoms with van der Waals surface area (Å²) < 4.78 is 6.92. The Kier molecular flexibility index (Phi) is 7.36. The Labute approximate surface area is 119 Å². The zero-order valence-electron chi connectivity index (χ0n) is 11.4. The van der Waals surface area contributed by atoms with Crippen LogP contribution in [0.1, 0.15) is 45.1 Å². The Morgan fingerprint density at radius 2 is 2.06 bits per heavy atom. The van der Waals surface area contributed by atoms with Crippen LogP contribution in [0.4, 0.5) is 0 Å². The predicted octanol–water partition coefficient (Wildman–Crippen LogP) is 4.50. The lowest BCUT2D eigenvalue weighted by atomic mass is 10.0. The summed E-state index contributed by atoms with van der Waals surface area (Å²) in [7, 11) is 0. The summed E-state index contributed by atoms with van der Waals surface area (Å²) in [6, 6.07) is 6.06. The standard InChI is InChI=1S/C15H24BrNO/c1-3-5-6-12(4-2)11-18-15-8-13(10-17)7-14(16)9-15/h7-9,12H,3-6,10-11,17H2,1-2H3. The molecule has 2 nitrogen and oxygen atoms in total. The molecular formula is C15H24BrNO. The molecule has 1 unspecified atom stereocenters. The van der Waals surface area contributed by atoms with Gasteiger partial charge in [0.1, 0.15) is 5.75 Å². The second-order valence-corrected chi connectivity index (χ2v) is 5.64. The van der Waals surface area contributed by atoms with Gasteiger partial charge in [-0.2, -0.15) is 0 Å². The predicted molar refractivity (Wildman–Crippen MR) is 80.8 cm³/mol. The number of hydrogen-bond acceptors (Lipinski definition) is 2. The van der Waals surface area contributed by atoms with E-state index >= 15 is 0 Å². The minimum atomic E-state index is 0.544. The Balaban J connectivity index is 2.53. The molecule has 1 rings (SSSR count). The molecule has 0 aliphatic carbocycles. The van der Waals surface area contributed by atoms with Gasteiger partial charge in [-0.3, -0.25) is 0 Å². The van der Waals surface area contributed by atoms with Gasteiger partial charge in [-0.15, -0.1) is 0 Å². The maximum atomic E-state index is 5.89. The van der Waals surface area contributed by atoms with Gasteiger partial charge in [-0.25, -0.2) is 0 Å². The van der Waals surface area contributed by atoms with Crippen molar-refractivity contribution in [3.05, 3.63) is 28.2 Å². The molecule has 0 amide bonds. The van der Waals surface area contributed by atoms with Crippen molar-refractivity contribution in [3.8, 4) is 5.75 Å². The largest absolute Gasteiger partial charge is 0.493 e. The van der Waals surface area contributed by atoms with E-state index in [-0.39, 0.29) is 0 Å². The lowest BCUT2D eigenvalue weighted by Gasteiger charge is -2.16. The van der Waals surface area contributed by atoms with Crippen LogP contribution in [-0.4, -0.2) is 6.61 Å². The number of unbranched alkanes of at least 4 members (excludes halogenated alkanes) is 1. The van der Waals surface area contributed by atoms with Crippen molar-refractivity contribution in [3.63, 3.8) is 0 Å². The second kappa shape index (κ2) is 8.54. The molecule has 3 heteroatoms. The third kappa shape index (κ3) is 5.40. The van der Waals surface area contributed by atoms with Crippen LogP contribution in [0, 0.1) is 5.92 Å². The van der Waals surface area contributed by atoms with Gasteiger partial charge in [0.05, 0.1) is 6.61 Å². The molecule has 0 saturated heterocycles. The topological polar surface area (TPSA) is 35.2 Å².